The lowest BCUT2D eigenvalue weighted by Crippen LogP contribution is -2.06. The first-order valence-corrected chi connectivity index (χ1v) is 6.76. The van der Waals surface area contributed by atoms with Gasteiger partial charge in [0.1, 0.15) is 5.69 Å². The second-order valence-corrected chi connectivity index (χ2v) is 4.80. The molecule has 3 nitrogen and oxygen atoms in total. The van der Waals surface area contributed by atoms with Crippen molar-refractivity contribution in [3.63, 3.8) is 0 Å². The van der Waals surface area contributed by atoms with Crippen LogP contribution in [0.25, 0.3) is 0 Å². The quantitative estimate of drug-likeness (QED) is 0.839. The van der Waals surface area contributed by atoms with Crippen molar-refractivity contribution in [1.82, 2.24) is 4.98 Å². The third kappa shape index (κ3) is 3.63. The number of carbonyl (C=O) groups excluding carboxylic acids is 1. The summed E-state index contributed by atoms with van der Waals surface area (Å²) in [4.78, 5) is 15.6. The van der Waals surface area contributed by atoms with E-state index < -0.39 is 11.7 Å². The third-order valence-corrected chi connectivity index (χ3v) is 3.14. The highest BCUT2D eigenvalue weighted by Crippen LogP contribution is 2.31. The van der Waals surface area contributed by atoms with E-state index in [-0.39, 0.29) is 5.78 Å². The highest BCUT2D eigenvalue weighted by atomic mass is 19.4. The number of carbonyl (C=O) groups is 1. The minimum absolute atomic E-state index is 0.152. The number of anilines is 2. The molecule has 2 aromatic rings. The molecule has 0 aliphatic heterocycles. The first-order valence-electron chi connectivity index (χ1n) is 6.76. The van der Waals surface area contributed by atoms with Crippen molar-refractivity contribution in [2.24, 2.45) is 0 Å². The van der Waals surface area contributed by atoms with Gasteiger partial charge in [0.15, 0.2) is 5.78 Å². The fraction of sp³-hybridized carbons (Fsp3) is 0.250. The second kappa shape index (κ2) is 6.17. The Morgan fingerprint density at radius 3 is 2.55 bits per heavy atom. The monoisotopic (exact) mass is 308 g/mol. The van der Waals surface area contributed by atoms with Crippen molar-refractivity contribution in [1.29, 1.82) is 0 Å². The van der Waals surface area contributed by atoms with Crippen LogP contribution in [0.5, 0.6) is 0 Å². The van der Waals surface area contributed by atoms with E-state index in [1.165, 1.54) is 13.0 Å². The van der Waals surface area contributed by atoms with Crippen LogP contribution in [0, 0.1) is 0 Å². The number of aromatic nitrogens is 1. The molecule has 0 saturated heterocycles. The smallest absolute Gasteiger partial charge is 0.354 e. The number of nitrogens with zero attached hydrogens (tertiary/aromatic N) is 1. The zero-order chi connectivity index (χ0) is 16.3. The van der Waals surface area contributed by atoms with E-state index >= 15 is 0 Å². The molecule has 0 atom stereocenters. The molecular formula is C16H15F3N2O. The molecule has 0 spiro atoms. The summed E-state index contributed by atoms with van der Waals surface area (Å²) in [5.74, 6) is -0.152. The Morgan fingerprint density at radius 1 is 1.23 bits per heavy atom. The van der Waals surface area contributed by atoms with Gasteiger partial charge in [-0.3, -0.25) is 4.79 Å². The number of alkyl halides is 3. The summed E-state index contributed by atoms with van der Waals surface area (Å²) in [7, 11) is 0. The Morgan fingerprint density at radius 2 is 1.95 bits per heavy atom. The molecule has 0 unspecified atom stereocenters. The number of benzene rings is 1. The van der Waals surface area contributed by atoms with Gasteiger partial charge in [-0.1, -0.05) is 13.0 Å². The van der Waals surface area contributed by atoms with Crippen LogP contribution in [0.2, 0.25) is 0 Å². The first-order chi connectivity index (χ1) is 10.3. The number of Topliss-reactive ketones (excluding diaryl/α,β-unsaturated/α-hetero) is 1. The fourth-order valence-electron chi connectivity index (χ4n) is 2.01. The number of halogens is 3. The van der Waals surface area contributed by atoms with Crippen molar-refractivity contribution in [3.05, 3.63) is 53.3 Å². The van der Waals surface area contributed by atoms with E-state index in [4.69, 9.17) is 0 Å². The SMILES string of the molecule is CCc1nc(C(C)=O)ccc1Nc1cccc(C(F)(F)F)c1. The molecule has 1 heterocycles. The molecule has 0 amide bonds. The van der Waals surface area contributed by atoms with Crippen LogP contribution in [-0.2, 0) is 12.6 Å². The Hall–Kier alpha value is -2.37. The standard InChI is InChI=1S/C16H15F3N2O/c1-3-13-15(8-7-14(21-13)10(2)22)20-12-6-4-5-11(9-12)16(17,18)19/h4-9,20H,3H2,1-2H3. The molecule has 0 aliphatic rings. The van der Waals surface area contributed by atoms with E-state index in [0.717, 1.165) is 12.1 Å². The van der Waals surface area contributed by atoms with E-state index in [9.17, 15) is 18.0 Å². The van der Waals surface area contributed by atoms with E-state index in [1.54, 1.807) is 18.2 Å². The zero-order valence-electron chi connectivity index (χ0n) is 12.2. The zero-order valence-corrected chi connectivity index (χ0v) is 12.2. The topological polar surface area (TPSA) is 42.0 Å². The fourth-order valence-corrected chi connectivity index (χ4v) is 2.01. The van der Waals surface area contributed by atoms with Gasteiger partial charge < -0.3 is 5.32 Å². The number of hydrogen-bond donors (Lipinski definition) is 1. The van der Waals surface area contributed by atoms with Gasteiger partial charge in [-0.25, -0.2) is 4.98 Å². The van der Waals surface area contributed by atoms with Gasteiger partial charge >= 0.3 is 6.18 Å². The van der Waals surface area contributed by atoms with E-state index in [2.05, 4.69) is 10.3 Å². The average Bonchev–Trinajstić information content (AvgIpc) is 2.47. The van der Waals surface area contributed by atoms with Gasteiger partial charge in [-0.2, -0.15) is 13.2 Å². The van der Waals surface area contributed by atoms with Crippen molar-refractivity contribution in [3.8, 4) is 0 Å². The number of hydrogen-bond acceptors (Lipinski definition) is 3. The minimum atomic E-state index is -4.39. The lowest BCUT2D eigenvalue weighted by molar-refractivity contribution is -0.137. The molecule has 6 heteroatoms. The van der Waals surface area contributed by atoms with Crippen LogP contribution in [0.3, 0.4) is 0 Å². The van der Waals surface area contributed by atoms with Crippen molar-refractivity contribution in [2.45, 2.75) is 26.4 Å². The molecule has 116 valence electrons. The molecule has 22 heavy (non-hydrogen) atoms. The summed E-state index contributed by atoms with van der Waals surface area (Å²) in [6.07, 6.45) is -3.83. The molecule has 0 fully saturated rings. The highest BCUT2D eigenvalue weighted by molar-refractivity contribution is 5.92. The minimum Gasteiger partial charge on any atom is -0.354 e. The van der Waals surface area contributed by atoms with Crippen LogP contribution in [0.4, 0.5) is 24.5 Å². The summed E-state index contributed by atoms with van der Waals surface area (Å²) in [5.41, 5.74) is 1.16. The Labute approximate surface area is 126 Å². The number of ketones is 1. The Balaban J connectivity index is 2.33. The van der Waals surface area contributed by atoms with E-state index in [0.29, 0.717) is 29.2 Å². The van der Waals surface area contributed by atoms with Crippen LogP contribution >= 0.6 is 0 Å². The maximum absolute atomic E-state index is 12.7. The molecule has 0 bridgehead atoms. The number of nitrogens with one attached hydrogen (secondary N) is 1. The maximum atomic E-state index is 12.7. The summed E-state index contributed by atoms with van der Waals surface area (Å²) in [5, 5.41) is 2.93. The van der Waals surface area contributed by atoms with Crippen LogP contribution < -0.4 is 5.32 Å². The summed E-state index contributed by atoms with van der Waals surface area (Å²) >= 11 is 0. The molecule has 0 saturated carbocycles. The molecule has 2 rings (SSSR count). The molecule has 0 radical (unpaired) electrons. The van der Waals surface area contributed by atoms with Gasteiger partial charge in [0.25, 0.3) is 0 Å². The average molecular weight is 308 g/mol. The lowest BCUT2D eigenvalue weighted by atomic mass is 10.1. The summed E-state index contributed by atoms with van der Waals surface area (Å²) < 4.78 is 38.1. The van der Waals surface area contributed by atoms with Gasteiger partial charge in [-0.05, 0) is 36.8 Å². The van der Waals surface area contributed by atoms with E-state index in [1.807, 2.05) is 6.92 Å². The predicted molar refractivity (Wildman–Crippen MR) is 78.3 cm³/mol. The van der Waals surface area contributed by atoms with Crippen molar-refractivity contribution in [2.75, 3.05) is 5.32 Å². The third-order valence-electron chi connectivity index (χ3n) is 3.14. The van der Waals surface area contributed by atoms with Crippen molar-refractivity contribution >= 4 is 17.2 Å². The van der Waals surface area contributed by atoms with Gasteiger partial charge in [0, 0.05) is 12.6 Å². The largest absolute Gasteiger partial charge is 0.416 e. The summed E-state index contributed by atoms with van der Waals surface area (Å²) in [6, 6.07) is 8.16. The van der Waals surface area contributed by atoms with Gasteiger partial charge in [0.05, 0.1) is 16.9 Å². The number of pyridine rings is 1. The normalized spacial score (nSPS) is 11.3. The molecule has 1 aromatic carbocycles. The van der Waals surface area contributed by atoms with Gasteiger partial charge in [-0.15, -0.1) is 0 Å². The predicted octanol–water partition coefficient (Wildman–Crippen LogP) is 4.61. The molecule has 1 N–H and O–H groups in total. The Bertz CT molecular complexity index is 696. The maximum Gasteiger partial charge on any atom is 0.416 e. The van der Waals surface area contributed by atoms with Crippen LogP contribution in [0.1, 0.15) is 35.6 Å². The molecular weight excluding hydrogens is 293 g/mol. The summed E-state index contributed by atoms with van der Waals surface area (Å²) in [6.45, 7) is 3.28. The van der Waals surface area contributed by atoms with Crippen molar-refractivity contribution < 1.29 is 18.0 Å². The highest BCUT2D eigenvalue weighted by Gasteiger charge is 2.30. The lowest BCUT2D eigenvalue weighted by Gasteiger charge is -2.13. The first kappa shape index (κ1) is 16.0. The van der Waals surface area contributed by atoms with Crippen LogP contribution in [-0.4, -0.2) is 10.8 Å². The number of aryl methyl sites for hydroxylation is 1. The molecule has 1 aromatic heterocycles. The number of rotatable bonds is 4. The Kier molecular flexibility index (Phi) is 4.49. The van der Waals surface area contributed by atoms with Gasteiger partial charge in [0.2, 0.25) is 0 Å². The second-order valence-electron chi connectivity index (χ2n) is 4.80. The van der Waals surface area contributed by atoms with Crippen LogP contribution in [0.15, 0.2) is 36.4 Å². The molecule has 0 aliphatic carbocycles.